The highest BCUT2D eigenvalue weighted by atomic mass is 35.5. The summed E-state index contributed by atoms with van der Waals surface area (Å²) in [5, 5.41) is 29.8. The predicted octanol–water partition coefficient (Wildman–Crippen LogP) is 5.90. The highest BCUT2D eigenvalue weighted by Gasteiger charge is 2.39. The highest BCUT2D eigenvalue weighted by molar-refractivity contribution is 8.15. The molecule has 0 saturated carbocycles. The zero-order valence-electron chi connectivity index (χ0n) is 34.6. The molecule has 3 aromatic rings. The van der Waals surface area contributed by atoms with Crippen LogP contribution in [0.2, 0.25) is 5.02 Å². The number of hydrogen-bond donors (Lipinski definition) is 3. The molecule has 1 amide bonds. The maximum Gasteiger partial charge on any atom is 0.254 e. The number of fused-ring (bicyclic) bond motifs is 3. The van der Waals surface area contributed by atoms with Gasteiger partial charge in [0.1, 0.15) is 40.9 Å². The van der Waals surface area contributed by atoms with Gasteiger partial charge in [0.05, 0.1) is 21.2 Å². The van der Waals surface area contributed by atoms with Gasteiger partial charge in [-0.3, -0.25) is 10.2 Å². The Kier molecular flexibility index (Phi) is 12.5. The van der Waals surface area contributed by atoms with Gasteiger partial charge in [-0.05, 0) is 80.6 Å². The number of halogens is 4. The van der Waals surface area contributed by atoms with Crippen LogP contribution in [-0.4, -0.2) is 114 Å². The number of carbonyl (C=O) groups is 1. The van der Waals surface area contributed by atoms with Crippen molar-refractivity contribution < 1.29 is 27.2 Å². The quantitative estimate of drug-likeness (QED) is 0.188. The Morgan fingerprint density at radius 1 is 1.20 bits per heavy atom. The van der Waals surface area contributed by atoms with E-state index in [1.54, 1.807) is 12.1 Å². The SMILES string of the molecule is C=N/C(=c1/cc(Cl)/c(=c2/ccc(F)c3c2=C(C#N)C(=N)S3)c(F)c1NCCN1CCC(F)(COc2cc(C(C(=O)N3CCCC3C)C(C)C)on2)CC1)N1CC2CCC(C1)N2. The van der Waals surface area contributed by atoms with Gasteiger partial charge in [-0.25, -0.2) is 18.2 Å². The van der Waals surface area contributed by atoms with Crippen LogP contribution in [-0.2, 0) is 4.79 Å². The molecular formula is C44H51ClF3N9O3S. The van der Waals surface area contributed by atoms with Gasteiger partial charge in [-0.1, -0.05) is 43.3 Å². The number of aromatic nitrogens is 1. The van der Waals surface area contributed by atoms with Gasteiger partial charge in [0.2, 0.25) is 5.91 Å². The first kappa shape index (κ1) is 43.1. The van der Waals surface area contributed by atoms with Crippen molar-refractivity contribution in [1.82, 2.24) is 25.2 Å². The van der Waals surface area contributed by atoms with Crippen molar-refractivity contribution in [2.24, 2.45) is 10.9 Å². The van der Waals surface area contributed by atoms with Crippen molar-refractivity contribution in [2.45, 2.75) is 93.9 Å². The second-order valence-electron chi connectivity index (χ2n) is 17.2. The van der Waals surface area contributed by atoms with Crippen molar-refractivity contribution >= 4 is 58.1 Å². The molecule has 4 unspecified atom stereocenters. The van der Waals surface area contributed by atoms with E-state index in [4.69, 9.17) is 26.3 Å². The highest BCUT2D eigenvalue weighted by Crippen LogP contribution is 2.34. The third-order valence-corrected chi connectivity index (χ3v) is 14.1. The third-order valence-electron chi connectivity index (χ3n) is 12.8. The molecule has 4 saturated heterocycles. The van der Waals surface area contributed by atoms with Gasteiger partial charge in [-0.2, -0.15) is 5.26 Å². The normalized spacial score (nSPS) is 23.9. The number of likely N-dealkylation sites (tertiary alicyclic amines) is 3. The number of anilines is 1. The zero-order chi connectivity index (χ0) is 43.2. The fourth-order valence-electron chi connectivity index (χ4n) is 9.55. The summed E-state index contributed by atoms with van der Waals surface area (Å²) in [5.41, 5.74) is -1.54. The number of thioether (sulfide) groups is 1. The Labute approximate surface area is 362 Å². The molecule has 6 heterocycles. The van der Waals surface area contributed by atoms with Gasteiger partial charge in [0.25, 0.3) is 5.88 Å². The fourth-order valence-corrected chi connectivity index (χ4v) is 10.8. The van der Waals surface area contributed by atoms with E-state index >= 15 is 13.2 Å². The number of carbonyl (C=O) groups excluding carboxylic acids is 1. The average Bonchev–Trinajstić information content (AvgIpc) is 4.03. The topological polar surface area (TPSA) is 146 Å². The predicted molar refractivity (Wildman–Crippen MR) is 230 cm³/mol. The Morgan fingerprint density at radius 3 is 2.59 bits per heavy atom. The van der Waals surface area contributed by atoms with E-state index < -0.39 is 23.2 Å². The third kappa shape index (κ3) is 8.50. The number of rotatable bonds is 12. The van der Waals surface area contributed by atoms with Crippen molar-refractivity contribution in [2.75, 3.05) is 57.7 Å². The number of piperazine rings is 1. The number of nitrogens with one attached hydrogen (secondary N) is 3. The lowest BCUT2D eigenvalue weighted by molar-refractivity contribution is -0.134. The summed E-state index contributed by atoms with van der Waals surface area (Å²) in [4.78, 5) is 24.0. The standard InChI is InChI=1S/C44H51ClF3N9O3S/c1-24(2)35(43(58)57-14-5-6-25(57)3)33-19-34(54-60-33)59-23-44(48)11-15-55(16-12-44)17-13-52-39-29(42(51-4)56-21-26-7-8-27(22-56)53-26)18-31(45)37(38(39)47)28-9-10-32(46)40-36(28)30(20-49)41(50)61-40/h9-10,18-19,24-27,35,50,52-53H,4-8,11-17,21-23H2,1-3H3/b37-28+,42-29+,50-41?. The molecule has 4 atom stereocenters. The average molecular weight is 878 g/mol. The van der Waals surface area contributed by atoms with Crippen LogP contribution >= 0.6 is 23.4 Å². The summed E-state index contributed by atoms with van der Waals surface area (Å²) in [6.45, 7) is 13.3. The molecule has 5 aliphatic heterocycles. The van der Waals surface area contributed by atoms with E-state index in [0.717, 1.165) is 44.0 Å². The molecule has 61 heavy (non-hydrogen) atoms. The number of ether oxygens (including phenoxy) is 1. The minimum atomic E-state index is -1.61. The lowest BCUT2D eigenvalue weighted by atomic mass is 9.91. The van der Waals surface area contributed by atoms with Crippen LogP contribution in [0.4, 0.5) is 18.9 Å². The van der Waals surface area contributed by atoms with Crippen LogP contribution in [0.5, 0.6) is 5.88 Å². The molecule has 0 aliphatic carbocycles. The van der Waals surface area contributed by atoms with Crippen molar-refractivity contribution in [3.63, 3.8) is 0 Å². The molecule has 0 radical (unpaired) electrons. The molecule has 0 spiro atoms. The van der Waals surface area contributed by atoms with Crippen LogP contribution in [0.15, 0.2) is 38.7 Å². The molecule has 3 N–H and O–H groups in total. The van der Waals surface area contributed by atoms with E-state index in [1.165, 1.54) is 12.1 Å². The van der Waals surface area contributed by atoms with Gasteiger partial charge in [0, 0.05) is 85.7 Å². The number of piperidine rings is 1. The Hall–Kier alpha value is -4.56. The Morgan fingerprint density at radius 2 is 1.93 bits per heavy atom. The summed E-state index contributed by atoms with van der Waals surface area (Å²) in [6.07, 6.45) is 4.39. The lowest BCUT2D eigenvalue weighted by Gasteiger charge is -2.36. The Bertz CT molecular complexity index is 2490. The van der Waals surface area contributed by atoms with Gasteiger partial charge < -0.3 is 34.6 Å². The van der Waals surface area contributed by atoms with E-state index in [9.17, 15) is 10.1 Å². The molecular weight excluding hydrogens is 827 g/mol. The van der Waals surface area contributed by atoms with E-state index in [1.807, 2.05) is 24.8 Å². The van der Waals surface area contributed by atoms with Crippen molar-refractivity contribution in [1.29, 1.82) is 10.7 Å². The maximum atomic E-state index is 17.3. The maximum absolute atomic E-state index is 17.3. The molecule has 8 rings (SSSR count). The summed E-state index contributed by atoms with van der Waals surface area (Å²) in [6, 6.07) is 8.52. The number of nitriles is 1. The second kappa shape index (κ2) is 17.7. The largest absolute Gasteiger partial charge is 0.472 e. The minimum Gasteiger partial charge on any atom is -0.472 e. The van der Waals surface area contributed by atoms with E-state index in [2.05, 4.69) is 44.2 Å². The van der Waals surface area contributed by atoms with E-state index in [0.29, 0.717) is 49.5 Å². The molecule has 2 aromatic carbocycles. The fraction of sp³-hybridized carbons (Fsp3) is 0.523. The number of amides is 1. The van der Waals surface area contributed by atoms with Crippen LogP contribution in [0.1, 0.15) is 71.0 Å². The number of alkyl halides is 1. The first-order valence-electron chi connectivity index (χ1n) is 21.1. The van der Waals surface area contributed by atoms with Gasteiger partial charge >= 0.3 is 0 Å². The number of nitrogens with zero attached hydrogens (tertiary/aromatic N) is 6. The summed E-state index contributed by atoms with van der Waals surface area (Å²) in [7, 11) is 0. The monoisotopic (exact) mass is 877 g/mol. The summed E-state index contributed by atoms with van der Waals surface area (Å²) < 4.78 is 59.9. The summed E-state index contributed by atoms with van der Waals surface area (Å²) in [5.74, 6) is -0.806. The van der Waals surface area contributed by atoms with Crippen LogP contribution in [0, 0.1) is 44.7 Å². The van der Waals surface area contributed by atoms with Crippen molar-refractivity contribution in [3.8, 4) is 11.9 Å². The van der Waals surface area contributed by atoms with Crippen molar-refractivity contribution in [3.05, 3.63) is 67.6 Å². The van der Waals surface area contributed by atoms with Crippen LogP contribution in [0.3, 0.4) is 0 Å². The lowest BCUT2D eigenvalue weighted by Crippen LogP contribution is -2.51. The molecule has 1 aromatic heterocycles. The molecule has 12 nitrogen and oxygen atoms in total. The van der Waals surface area contributed by atoms with E-state index in [-0.39, 0.29) is 104 Å². The number of hydrogen-bond acceptors (Lipinski definition) is 12. The smallest absolute Gasteiger partial charge is 0.254 e. The molecule has 2 bridgehead atoms. The number of aliphatic imine (C=N–C) groups is 1. The molecule has 5 aliphatic rings. The minimum absolute atomic E-state index is 0.00872. The molecule has 324 valence electrons. The summed E-state index contributed by atoms with van der Waals surface area (Å²) >= 11 is 7.76. The second-order valence-corrected chi connectivity index (χ2v) is 18.7. The first-order valence-corrected chi connectivity index (χ1v) is 22.3. The number of benzene rings is 2. The zero-order valence-corrected chi connectivity index (χ0v) is 36.2. The van der Waals surface area contributed by atoms with Gasteiger partial charge in [0.15, 0.2) is 11.6 Å². The molecule has 17 heteroatoms. The Balaban J connectivity index is 1.00. The van der Waals surface area contributed by atoms with Crippen LogP contribution in [0.25, 0.3) is 11.4 Å². The van der Waals surface area contributed by atoms with Gasteiger partial charge in [-0.15, -0.1) is 0 Å². The molecule has 4 fully saturated rings. The van der Waals surface area contributed by atoms with Crippen LogP contribution < -0.4 is 25.8 Å². The first-order chi connectivity index (χ1) is 29.3.